The average molecular weight is 246 g/mol. The van der Waals surface area contributed by atoms with Gasteiger partial charge in [-0.2, -0.15) is 0 Å². The molecule has 0 saturated heterocycles. The minimum Gasteiger partial charge on any atom is -0.504 e. The number of ether oxygens (including phenoxy) is 1. The normalized spacial score (nSPS) is 12.1. The molecule has 4 heteroatoms. The Hall–Kier alpha value is -0.930. The molecule has 1 aromatic rings. The molecule has 16 heavy (non-hydrogen) atoms. The Labute approximate surface area is 103 Å². The van der Waals surface area contributed by atoms with Crippen LogP contribution in [0, 0.1) is 5.92 Å². The molecule has 0 fully saturated rings. The van der Waals surface area contributed by atoms with Gasteiger partial charge in [-0.05, 0) is 30.0 Å². The first kappa shape index (κ1) is 15.1. The summed E-state index contributed by atoms with van der Waals surface area (Å²) in [5, 5.41) is 9.59. The van der Waals surface area contributed by atoms with E-state index in [-0.39, 0.29) is 24.2 Å². The van der Waals surface area contributed by atoms with Crippen molar-refractivity contribution in [1.82, 2.24) is 0 Å². The minimum atomic E-state index is -0.0261. The molecule has 0 aliphatic heterocycles. The summed E-state index contributed by atoms with van der Waals surface area (Å²) in [6.45, 7) is 4.26. The van der Waals surface area contributed by atoms with Crippen LogP contribution >= 0.6 is 12.4 Å². The third kappa shape index (κ3) is 3.91. The van der Waals surface area contributed by atoms with Crippen LogP contribution in [-0.4, -0.2) is 12.2 Å². The number of phenols is 1. The van der Waals surface area contributed by atoms with E-state index < -0.39 is 0 Å². The smallest absolute Gasteiger partial charge is 0.160 e. The van der Waals surface area contributed by atoms with Crippen LogP contribution in [0.25, 0.3) is 0 Å². The highest BCUT2D eigenvalue weighted by molar-refractivity contribution is 5.85. The van der Waals surface area contributed by atoms with Crippen molar-refractivity contribution in [3.05, 3.63) is 23.8 Å². The average Bonchev–Trinajstić information content (AvgIpc) is 2.16. The molecule has 0 aliphatic carbocycles. The Bertz CT molecular complexity index is 329. The van der Waals surface area contributed by atoms with Gasteiger partial charge in [-0.25, -0.2) is 0 Å². The van der Waals surface area contributed by atoms with Gasteiger partial charge >= 0.3 is 0 Å². The van der Waals surface area contributed by atoms with Crippen LogP contribution in [-0.2, 0) is 0 Å². The first-order chi connectivity index (χ1) is 7.04. The number of rotatable bonds is 4. The fourth-order valence-electron chi connectivity index (χ4n) is 1.58. The molecule has 0 unspecified atom stereocenters. The van der Waals surface area contributed by atoms with Gasteiger partial charge in [-0.3, -0.25) is 0 Å². The van der Waals surface area contributed by atoms with Crippen molar-refractivity contribution in [3.63, 3.8) is 0 Å². The van der Waals surface area contributed by atoms with Crippen molar-refractivity contribution in [2.45, 2.75) is 26.3 Å². The number of hydrogen-bond acceptors (Lipinski definition) is 3. The molecule has 0 aliphatic rings. The molecule has 0 saturated carbocycles. The number of phenolic OH excluding ortho intramolecular Hbond substituents is 1. The van der Waals surface area contributed by atoms with Crippen LogP contribution in [0.4, 0.5) is 0 Å². The molecular formula is C12H20ClNO2. The van der Waals surface area contributed by atoms with E-state index in [2.05, 4.69) is 13.8 Å². The van der Waals surface area contributed by atoms with Crippen LogP contribution in [0.15, 0.2) is 18.2 Å². The summed E-state index contributed by atoms with van der Waals surface area (Å²) in [6.07, 6.45) is 0.909. The van der Waals surface area contributed by atoms with Crippen molar-refractivity contribution in [2.75, 3.05) is 7.11 Å². The van der Waals surface area contributed by atoms with Gasteiger partial charge in [0.25, 0.3) is 0 Å². The van der Waals surface area contributed by atoms with Gasteiger partial charge in [0.05, 0.1) is 7.11 Å². The predicted molar refractivity (Wildman–Crippen MR) is 68.3 cm³/mol. The van der Waals surface area contributed by atoms with Crippen molar-refractivity contribution >= 4 is 12.4 Å². The molecule has 0 amide bonds. The summed E-state index contributed by atoms with van der Waals surface area (Å²) in [5.41, 5.74) is 6.95. The topological polar surface area (TPSA) is 55.5 Å². The zero-order chi connectivity index (χ0) is 11.4. The standard InChI is InChI=1S/C12H19NO2.ClH/c1-8(2)6-10(13)9-4-5-12(15-3)11(14)7-9;/h4-5,7-8,10,14H,6,13H2,1-3H3;1H/t10-;/m0./s1. The Morgan fingerprint density at radius 1 is 1.38 bits per heavy atom. The lowest BCUT2D eigenvalue weighted by molar-refractivity contribution is 0.372. The highest BCUT2D eigenvalue weighted by Gasteiger charge is 2.10. The number of hydrogen-bond donors (Lipinski definition) is 2. The van der Waals surface area contributed by atoms with E-state index in [0.29, 0.717) is 11.7 Å². The molecule has 0 radical (unpaired) electrons. The summed E-state index contributed by atoms with van der Waals surface area (Å²) in [5.74, 6) is 1.17. The van der Waals surface area contributed by atoms with Crippen molar-refractivity contribution in [2.24, 2.45) is 11.7 Å². The Morgan fingerprint density at radius 3 is 2.44 bits per heavy atom. The Morgan fingerprint density at radius 2 is 2.00 bits per heavy atom. The maximum atomic E-state index is 9.59. The predicted octanol–water partition coefficient (Wildman–Crippen LogP) is 2.87. The van der Waals surface area contributed by atoms with Crippen LogP contribution in [0.1, 0.15) is 31.9 Å². The van der Waals surface area contributed by atoms with Gasteiger partial charge in [0.1, 0.15) is 0 Å². The second-order valence-electron chi connectivity index (χ2n) is 4.17. The van der Waals surface area contributed by atoms with E-state index >= 15 is 0 Å². The van der Waals surface area contributed by atoms with Gasteiger partial charge in [0.15, 0.2) is 11.5 Å². The number of aromatic hydroxyl groups is 1. The first-order valence-electron chi connectivity index (χ1n) is 5.17. The highest BCUT2D eigenvalue weighted by atomic mass is 35.5. The number of nitrogens with two attached hydrogens (primary N) is 1. The molecule has 3 N–H and O–H groups in total. The molecule has 3 nitrogen and oxygen atoms in total. The molecule has 0 spiro atoms. The van der Waals surface area contributed by atoms with Gasteiger partial charge < -0.3 is 15.6 Å². The third-order valence-corrected chi connectivity index (χ3v) is 2.36. The van der Waals surface area contributed by atoms with Crippen LogP contribution < -0.4 is 10.5 Å². The lowest BCUT2D eigenvalue weighted by Gasteiger charge is -2.15. The summed E-state index contributed by atoms with van der Waals surface area (Å²) < 4.78 is 4.97. The summed E-state index contributed by atoms with van der Waals surface area (Å²) in [7, 11) is 1.53. The fourth-order valence-corrected chi connectivity index (χ4v) is 1.58. The van der Waals surface area contributed by atoms with E-state index in [0.717, 1.165) is 12.0 Å². The van der Waals surface area contributed by atoms with Crippen molar-refractivity contribution < 1.29 is 9.84 Å². The summed E-state index contributed by atoms with van der Waals surface area (Å²) in [6, 6.07) is 5.28. The molecule has 1 atom stereocenters. The van der Waals surface area contributed by atoms with Crippen LogP contribution in [0.2, 0.25) is 0 Å². The zero-order valence-corrected chi connectivity index (χ0v) is 10.8. The highest BCUT2D eigenvalue weighted by Crippen LogP contribution is 2.29. The molecule has 0 aromatic heterocycles. The van der Waals surface area contributed by atoms with Gasteiger partial charge in [0.2, 0.25) is 0 Å². The number of halogens is 1. The molecular weight excluding hydrogens is 226 g/mol. The maximum absolute atomic E-state index is 9.59. The number of benzene rings is 1. The Kier molecular flexibility index (Phi) is 6.22. The lowest BCUT2D eigenvalue weighted by Crippen LogP contribution is -2.12. The third-order valence-electron chi connectivity index (χ3n) is 2.36. The first-order valence-corrected chi connectivity index (χ1v) is 5.17. The van der Waals surface area contributed by atoms with E-state index in [4.69, 9.17) is 10.5 Å². The Balaban J connectivity index is 0.00000225. The lowest BCUT2D eigenvalue weighted by atomic mass is 9.97. The molecule has 0 heterocycles. The van der Waals surface area contributed by atoms with E-state index in [1.54, 1.807) is 12.1 Å². The quantitative estimate of drug-likeness (QED) is 0.858. The fraction of sp³-hybridized carbons (Fsp3) is 0.500. The molecule has 1 rings (SSSR count). The van der Waals surface area contributed by atoms with Crippen LogP contribution in [0.5, 0.6) is 11.5 Å². The largest absolute Gasteiger partial charge is 0.504 e. The van der Waals surface area contributed by atoms with E-state index in [1.165, 1.54) is 7.11 Å². The van der Waals surface area contributed by atoms with Crippen molar-refractivity contribution in [3.8, 4) is 11.5 Å². The van der Waals surface area contributed by atoms with E-state index in [9.17, 15) is 5.11 Å². The summed E-state index contributed by atoms with van der Waals surface area (Å²) >= 11 is 0. The zero-order valence-electron chi connectivity index (χ0n) is 9.93. The SMILES string of the molecule is COc1ccc([C@@H](N)CC(C)C)cc1O.Cl. The van der Waals surface area contributed by atoms with Crippen molar-refractivity contribution in [1.29, 1.82) is 0 Å². The second-order valence-corrected chi connectivity index (χ2v) is 4.17. The molecule has 1 aromatic carbocycles. The minimum absolute atomic E-state index is 0. The van der Waals surface area contributed by atoms with Gasteiger partial charge in [0, 0.05) is 6.04 Å². The second kappa shape index (κ2) is 6.61. The number of methoxy groups -OCH3 is 1. The van der Waals surface area contributed by atoms with Gasteiger partial charge in [-0.1, -0.05) is 19.9 Å². The van der Waals surface area contributed by atoms with Gasteiger partial charge in [-0.15, -0.1) is 12.4 Å². The van der Waals surface area contributed by atoms with Crippen LogP contribution in [0.3, 0.4) is 0 Å². The van der Waals surface area contributed by atoms with E-state index in [1.807, 2.05) is 6.07 Å². The maximum Gasteiger partial charge on any atom is 0.160 e. The molecule has 92 valence electrons. The molecule has 0 bridgehead atoms. The monoisotopic (exact) mass is 245 g/mol. The summed E-state index contributed by atoms with van der Waals surface area (Å²) in [4.78, 5) is 0.